The number of aliphatic hydroxyl groups is 1. The van der Waals surface area contributed by atoms with Crippen LogP contribution >= 0.6 is 11.6 Å². The highest BCUT2D eigenvalue weighted by molar-refractivity contribution is 6.30. The Morgan fingerprint density at radius 3 is 2.65 bits per heavy atom. The Kier molecular flexibility index (Phi) is 5.66. The van der Waals surface area contributed by atoms with Crippen molar-refractivity contribution in [1.29, 1.82) is 0 Å². The second-order valence-electron chi connectivity index (χ2n) is 5.48. The van der Waals surface area contributed by atoms with E-state index in [9.17, 15) is 5.11 Å². The molecule has 1 saturated heterocycles. The maximum absolute atomic E-state index is 10.1. The van der Waals surface area contributed by atoms with Crippen LogP contribution in [0.25, 0.3) is 0 Å². The van der Waals surface area contributed by atoms with E-state index in [4.69, 9.17) is 16.3 Å². The lowest BCUT2D eigenvalue weighted by Crippen LogP contribution is -2.47. The number of halogens is 1. The summed E-state index contributed by atoms with van der Waals surface area (Å²) in [6.45, 7) is 7.07. The van der Waals surface area contributed by atoms with Gasteiger partial charge in [-0.15, -0.1) is 0 Å². The SMILES string of the molecule is Cc1cc(Cl)ccc1OC[C@@H](O)CN1CCN(C)CC1. The first-order chi connectivity index (χ1) is 9.54. The van der Waals surface area contributed by atoms with Crippen molar-refractivity contribution < 1.29 is 9.84 Å². The molecule has 0 bridgehead atoms. The second-order valence-corrected chi connectivity index (χ2v) is 5.91. The molecular weight excluding hydrogens is 276 g/mol. The van der Waals surface area contributed by atoms with E-state index in [0.29, 0.717) is 18.2 Å². The number of ether oxygens (including phenoxy) is 1. The first-order valence-corrected chi connectivity index (χ1v) is 7.40. The van der Waals surface area contributed by atoms with E-state index in [-0.39, 0.29) is 0 Å². The first-order valence-electron chi connectivity index (χ1n) is 7.02. The second kappa shape index (κ2) is 7.27. The molecule has 0 radical (unpaired) electrons. The molecule has 0 aromatic heterocycles. The maximum Gasteiger partial charge on any atom is 0.122 e. The molecule has 20 heavy (non-hydrogen) atoms. The van der Waals surface area contributed by atoms with Crippen LogP contribution in [0, 0.1) is 6.92 Å². The van der Waals surface area contributed by atoms with Gasteiger partial charge < -0.3 is 14.7 Å². The van der Waals surface area contributed by atoms with Crippen LogP contribution in [0.15, 0.2) is 18.2 Å². The highest BCUT2D eigenvalue weighted by atomic mass is 35.5. The summed E-state index contributed by atoms with van der Waals surface area (Å²) in [5, 5.41) is 10.8. The van der Waals surface area contributed by atoms with Gasteiger partial charge in [0.05, 0.1) is 0 Å². The van der Waals surface area contributed by atoms with Crippen LogP contribution in [0.1, 0.15) is 5.56 Å². The van der Waals surface area contributed by atoms with Gasteiger partial charge in [0.1, 0.15) is 18.5 Å². The van der Waals surface area contributed by atoms with Crippen molar-refractivity contribution in [3.05, 3.63) is 28.8 Å². The number of β-amino-alcohol motifs (C(OH)–C–C–N with tert-alkyl or cyclic N) is 1. The lowest BCUT2D eigenvalue weighted by Gasteiger charge is -2.33. The Hall–Kier alpha value is -0.810. The number of aliphatic hydroxyl groups excluding tert-OH is 1. The highest BCUT2D eigenvalue weighted by Crippen LogP contribution is 2.21. The Balaban J connectivity index is 1.76. The molecule has 5 heteroatoms. The molecule has 0 amide bonds. The predicted octanol–water partition coefficient (Wildman–Crippen LogP) is 1.64. The Morgan fingerprint density at radius 2 is 2.00 bits per heavy atom. The van der Waals surface area contributed by atoms with Crippen molar-refractivity contribution in [2.45, 2.75) is 13.0 Å². The minimum Gasteiger partial charge on any atom is -0.491 e. The fraction of sp³-hybridized carbons (Fsp3) is 0.600. The molecule has 0 unspecified atom stereocenters. The average Bonchev–Trinajstić information content (AvgIpc) is 2.40. The quantitative estimate of drug-likeness (QED) is 0.896. The summed E-state index contributed by atoms with van der Waals surface area (Å²) >= 11 is 5.90. The molecule has 1 heterocycles. The molecule has 0 aliphatic carbocycles. The molecule has 1 atom stereocenters. The zero-order valence-corrected chi connectivity index (χ0v) is 12.9. The summed E-state index contributed by atoms with van der Waals surface area (Å²) < 4.78 is 5.67. The minimum absolute atomic E-state index is 0.314. The summed E-state index contributed by atoms with van der Waals surface area (Å²) in [6.07, 6.45) is -0.464. The number of piperazine rings is 1. The topological polar surface area (TPSA) is 35.9 Å². The fourth-order valence-corrected chi connectivity index (χ4v) is 2.57. The molecule has 1 aromatic carbocycles. The normalized spacial score (nSPS) is 19.0. The summed E-state index contributed by atoms with van der Waals surface area (Å²) in [4.78, 5) is 4.58. The summed E-state index contributed by atoms with van der Waals surface area (Å²) in [5.41, 5.74) is 0.990. The molecule has 0 saturated carbocycles. The van der Waals surface area contributed by atoms with Gasteiger partial charge in [0.25, 0.3) is 0 Å². The van der Waals surface area contributed by atoms with E-state index in [1.807, 2.05) is 19.1 Å². The molecule has 0 spiro atoms. The predicted molar refractivity (Wildman–Crippen MR) is 81.6 cm³/mol. The van der Waals surface area contributed by atoms with Crippen LogP contribution < -0.4 is 4.74 Å². The number of aryl methyl sites for hydroxylation is 1. The third-order valence-electron chi connectivity index (χ3n) is 3.63. The van der Waals surface area contributed by atoms with Crippen LogP contribution in [0.3, 0.4) is 0 Å². The molecule has 1 N–H and O–H groups in total. The number of hydrogen-bond acceptors (Lipinski definition) is 4. The lowest BCUT2D eigenvalue weighted by molar-refractivity contribution is 0.0503. The largest absolute Gasteiger partial charge is 0.491 e. The van der Waals surface area contributed by atoms with Crippen molar-refractivity contribution in [2.75, 3.05) is 46.4 Å². The third-order valence-corrected chi connectivity index (χ3v) is 3.87. The Labute approximate surface area is 125 Å². The molecule has 1 fully saturated rings. The fourth-order valence-electron chi connectivity index (χ4n) is 2.34. The molecular formula is C15H23ClN2O2. The van der Waals surface area contributed by atoms with E-state index < -0.39 is 6.10 Å². The van der Waals surface area contributed by atoms with Gasteiger partial charge >= 0.3 is 0 Å². The third kappa shape index (κ3) is 4.63. The van der Waals surface area contributed by atoms with E-state index >= 15 is 0 Å². The molecule has 1 aliphatic heterocycles. The zero-order chi connectivity index (χ0) is 14.5. The van der Waals surface area contributed by atoms with Gasteiger partial charge in [-0.2, -0.15) is 0 Å². The van der Waals surface area contributed by atoms with Crippen LogP contribution in [-0.2, 0) is 0 Å². The smallest absolute Gasteiger partial charge is 0.122 e. The summed E-state index contributed by atoms with van der Waals surface area (Å²) in [5.74, 6) is 0.784. The van der Waals surface area contributed by atoms with Crippen LogP contribution in [0.5, 0.6) is 5.75 Å². The van der Waals surface area contributed by atoms with Crippen LogP contribution in [-0.4, -0.2) is 67.4 Å². The van der Waals surface area contributed by atoms with Crippen molar-refractivity contribution in [3.63, 3.8) is 0 Å². The highest BCUT2D eigenvalue weighted by Gasteiger charge is 2.17. The lowest BCUT2D eigenvalue weighted by atomic mass is 10.2. The van der Waals surface area contributed by atoms with Crippen LogP contribution in [0.2, 0.25) is 5.02 Å². The van der Waals surface area contributed by atoms with E-state index in [0.717, 1.165) is 37.5 Å². The zero-order valence-electron chi connectivity index (χ0n) is 12.2. The average molecular weight is 299 g/mol. The van der Waals surface area contributed by atoms with E-state index in [1.165, 1.54) is 0 Å². The monoisotopic (exact) mass is 298 g/mol. The van der Waals surface area contributed by atoms with Gasteiger partial charge in [-0.3, -0.25) is 4.90 Å². The maximum atomic E-state index is 10.1. The van der Waals surface area contributed by atoms with Crippen molar-refractivity contribution in [3.8, 4) is 5.75 Å². The molecule has 1 aromatic rings. The summed E-state index contributed by atoms with van der Waals surface area (Å²) in [6, 6.07) is 5.51. The van der Waals surface area contributed by atoms with Crippen molar-refractivity contribution >= 4 is 11.6 Å². The number of nitrogens with zero attached hydrogens (tertiary/aromatic N) is 2. The summed E-state index contributed by atoms with van der Waals surface area (Å²) in [7, 11) is 2.13. The van der Waals surface area contributed by atoms with Crippen molar-refractivity contribution in [2.24, 2.45) is 0 Å². The van der Waals surface area contributed by atoms with Gasteiger partial charge in [0, 0.05) is 37.7 Å². The van der Waals surface area contributed by atoms with E-state index in [1.54, 1.807) is 6.07 Å². The van der Waals surface area contributed by atoms with Gasteiger partial charge in [0.2, 0.25) is 0 Å². The number of benzene rings is 1. The Morgan fingerprint density at radius 1 is 1.30 bits per heavy atom. The number of hydrogen-bond donors (Lipinski definition) is 1. The van der Waals surface area contributed by atoms with E-state index in [2.05, 4.69) is 16.8 Å². The van der Waals surface area contributed by atoms with Gasteiger partial charge in [-0.1, -0.05) is 11.6 Å². The van der Waals surface area contributed by atoms with Crippen molar-refractivity contribution in [1.82, 2.24) is 9.80 Å². The van der Waals surface area contributed by atoms with Crippen LogP contribution in [0.4, 0.5) is 0 Å². The standard InChI is InChI=1S/C15H23ClN2O2/c1-12-9-13(16)3-4-15(12)20-11-14(19)10-18-7-5-17(2)6-8-18/h3-4,9,14,19H,5-8,10-11H2,1-2H3/t14-/m0/s1. The molecule has 2 rings (SSSR count). The van der Waals surface area contributed by atoms with Gasteiger partial charge in [-0.05, 0) is 37.7 Å². The Bertz CT molecular complexity index is 434. The molecule has 1 aliphatic rings. The number of rotatable bonds is 5. The van der Waals surface area contributed by atoms with Gasteiger partial charge in [0.15, 0.2) is 0 Å². The molecule has 112 valence electrons. The number of likely N-dealkylation sites (N-methyl/N-ethyl adjacent to an activating group) is 1. The molecule has 4 nitrogen and oxygen atoms in total. The van der Waals surface area contributed by atoms with Gasteiger partial charge in [-0.25, -0.2) is 0 Å². The first kappa shape index (κ1) is 15.6. The minimum atomic E-state index is -0.464.